The number of nitrogens with two attached hydrogens (primary N) is 1. The van der Waals surface area contributed by atoms with Crippen molar-refractivity contribution in [1.29, 1.82) is 0 Å². The second kappa shape index (κ2) is 8.15. The molecule has 0 aliphatic rings. The first-order valence-electron chi connectivity index (χ1n) is 6.32. The van der Waals surface area contributed by atoms with Crippen molar-refractivity contribution in [2.24, 2.45) is 5.73 Å². The van der Waals surface area contributed by atoms with Gasteiger partial charge in [0.05, 0.1) is 6.61 Å². The van der Waals surface area contributed by atoms with Gasteiger partial charge in [0.1, 0.15) is 23.9 Å². The number of hydrogen-bond acceptors (Lipinski definition) is 4. The number of anilines is 1. The SMILES string of the molecule is CCNc1c(F)cc(C(=O)NCCOCC(N)=O)cc1F. The lowest BCUT2D eigenvalue weighted by Gasteiger charge is -2.09. The quantitative estimate of drug-likeness (QED) is 0.614. The van der Waals surface area contributed by atoms with Gasteiger partial charge in [0.15, 0.2) is 0 Å². The monoisotopic (exact) mass is 301 g/mol. The number of amides is 2. The predicted octanol–water partition coefficient (Wildman–Crippen LogP) is 0.628. The van der Waals surface area contributed by atoms with Crippen molar-refractivity contribution < 1.29 is 23.1 Å². The maximum atomic E-state index is 13.6. The van der Waals surface area contributed by atoms with E-state index in [4.69, 9.17) is 10.5 Å². The number of halogens is 2. The minimum Gasteiger partial charge on any atom is -0.381 e. The molecule has 0 atom stereocenters. The molecule has 2 amide bonds. The summed E-state index contributed by atoms with van der Waals surface area (Å²) in [5.74, 6) is -2.94. The van der Waals surface area contributed by atoms with Gasteiger partial charge in [0, 0.05) is 18.7 Å². The molecule has 0 aliphatic carbocycles. The molecule has 0 heterocycles. The second-order valence-electron chi connectivity index (χ2n) is 4.12. The van der Waals surface area contributed by atoms with Gasteiger partial charge in [0.25, 0.3) is 5.91 Å². The van der Waals surface area contributed by atoms with E-state index in [0.717, 1.165) is 12.1 Å². The van der Waals surface area contributed by atoms with E-state index < -0.39 is 23.4 Å². The van der Waals surface area contributed by atoms with Crippen LogP contribution in [0.3, 0.4) is 0 Å². The van der Waals surface area contributed by atoms with Crippen LogP contribution in [0, 0.1) is 11.6 Å². The van der Waals surface area contributed by atoms with Crippen molar-refractivity contribution in [3.8, 4) is 0 Å². The van der Waals surface area contributed by atoms with Gasteiger partial charge in [-0.1, -0.05) is 0 Å². The standard InChI is InChI=1S/C13H17F2N3O3/c1-2-17-12-9(14)5-8(6-10(12)15)13(20)18-3-4-21-7-11(16)19/h5-6,17H,2-4,7H2,1H3,(H2,16,19)(H,18,20). The third kappa shape index (κ3) is 5.35. The lowest BCUT2D eigenvalue weighted by Crippen LogP contribution is -2.29. The lowest BCUT2D eigenvalue weighted by atomic mass is 10.1. The van der Waals surface area contributed by atoms with E-state index in [9.17, 15) is 18.4 Å². The van der Waals surface area contributed by atoms with E-state index in [1.54, 1.807) is 6.92 Å². The van der Waals surface area contributed by atoms with Crippen LogP contribution >= 0.6 is 0 Å². The molecule has 8 heteroatoms. The van der Waals surface area contributed by atoms with E-state index in [-0.39, 0.29) is 31.0 Å². The van der Waals surface area contributed by atoms with Crippen molar-refractivity contribution in [3.63, 3.8) is 0 Å². The summed E-state index contributed by atoms with van der Waals surface area (Å²) in [7, 11) is 0. The number of carbonyl (C=O) groups is 2. The van der Waals surface area contributed by atoms with Gasteiger partial charge in [-0.2, -0.15) is 0 Å². The maximum Gasteiger partial charge on any atom is 0.251 e. The van der Waals surface area contributed by atoms with Crippen LogP contribution in [0.2, 0.25) is 0 Å². The number of benzene rings is 1. The average Bonchev–Trinajstić information content (AvgIpc) is 2.41. The largest absolute Gasteiger partial charge is 0.381 e. The van der Waals surface area contributed by atoms with Crippen LogP contribution in [0.5, 0.6) is 0 Å². The van der Waals surface area contributed by atoms with Gasteiger partial charge in [0.2, 0.25) is 5.91 Å². The summed E-state index contributed by atoms with van der Waals surface area (Å²) in [6.45, 7) is 1.96. The molecule has 0 fully saturated rings. The molecule has 1 aromatic carbocycles. The molecule has 1 rings (SSSR count). The Morgan fingerprint density at radius 1 is 1.29 bits per heavy atom. The van der Waals surface area contributed by atoms with E-state index >= 15 is 0 Å². The first-order valence-corrected chi connectivity index (χ1v) is 6.32. The fraction of sp³-hybridized carbons (Fsp3) is 0.385. The van der Waals surface area contributed by atoms with Crippen LogP contribution in [0.15, 0.2) is 12.1 Å². The number of nitrogens with one attached hydrogen (secondary N) is 2. The predicted molar refractivity (Wildman–Crippen MR) is 72.9 cm³/mol. The zero-order chi connectivity index (χ0) is 15.8. The molecular formula is C13H17F2N3O3. The van der Waals surface area contributed by atoms with Gasteiger partial charge >= 0.3 is 0 Å². The zero-order valence-electron chi connectivity index (χ0n) is 11.5. The number of carbonyl (C=O) groups excluding carboxylic acids is 2. The Morgan fingerprint density at radius 2 is 1.90 bits per heavy atom. The van der Waals surface area contributed by atoms with Gasteiger partial charge in [-0.25, -0.2) is 8.78 Å². The first-order chi connectivity index (χ1) is 9.95. The molecule has 0 radical (unpaired) electrons. The molecule has 1 aromatic rings. The number of ether oxygens (including phenoxy) is 1. The summed E-state index contributed by atoms with van der Waals surface area (Å²) in [6.07, 6.45) is 0. The Labute approximate surface area is 120 Å². The Kier molecular flexibility index (Phi) is 6.54. The van der Waals surface area contributed by atoms with Gasteiger partial charge in [-0.15, -0.1) is 0 Å². The summed E-state index contributed by atoms with van der Waals surface area (Å²) >= 11 is 0. The highest BCUT2D eigenvalue weighted by atomic mass is 19.1. The Balaban J connectivity index is 2.56. The van der Waals surface area contributed by atoms with E-state index in [2.05, 4.69) is 10.6 Å². The van der Waals surface area contributed by atoms with Gasteiger partial charge in [-0.3, -0.25) is 9.59 Å². The lowest BCUT2D eigenvalue weighted by molar-refractivity contribution is -0.122. The van der Waals surface area contributed by atoms with Crippen molar-refractivity contribution in [2.75, 3.05) is 31.6 Å². The topological polar surface area (TPSA) is 93.4 Å². The Morgan fingerprint density at radius 3 is 2.43 bits per heavy atom. The maximum absolute atomic E-state index is 13.6. The fourth-order valence-electron chi connectivity index (χ4n) is 1.56. The van der Waals surface area contributed by atoms with Crippen molar-refractivity contribution in [1.82, 2.24) is 5.32 Å². The molecular weight excluding hydrogens is 284 g/mol. The van der Waals surface area contributed by atoms with Gasteiger partial charge < -0.3 is 21.1 Å². The second-order valence-corrected chi connectivity index (χ2v) is 4.12. The van der Waals surface area contributed by atoms with Crippen LogP contribution in [-0.2, 0) is 9.53 Å². The zero-order valence-corrected chi connectivity index (χ0v) is 11.5. The minimum absolute atomic E-state index is 0.0646. The molecule has 0 saturated carbocycles. The van der Waals surface area contributed by atoms with Gasteiger partial charge in [-0.05, 0) is 19.1 Å². The van der Waals surface area contributed by atoms with Crippen molar-refractivity contribution in [3.05, 3.63) is 29.3 Å². The molecule has 0 saturated heterocycles. The summed E-state index contributed by atoms with van der Waals surface area (Å²) < 4.78 is 32.1. The van der Waals surface area contributed by atoms with E-state index in [0.29, 0.717) is 6.54 Å². The van der Waals surface area contributed by atoms with Crippen molar-refractivity contribution in [2.45, 2.75) is 6.92 Å². The van der Waals surface area contributed by atoms with Crippen LogP contribution in [0.1, 0.15) is 17.3 Å². The highest BCUT2D eigenvalue weighted by molar-refractivity contribution is 5.94. The van der Waals surface area contributed by atoms with E-state index in [1.807, 2.05) is 0 Å². The summed E-state index contributed by atoms with van der Waals surface area (Å²) in [5.41, 5.74) is 4.45. The smallest absolute Gasteiger partial charge is 0.251 e. The minimum atomic E-state index is -0.841. The third-order valence-electron chi connectivity index (χ3n) is 2.43. The normalized spacial score (nSPS) is 10.2. The molecule has 4 N–H and O–H groups in total. The molecule has 0 spiro atoms. The summed E-state index contributed by atoms with van der Waals surface area (Å²) in [4.78, 5) is 22.1. The molecule has 6 nitrogen and oxygen atoms in total. The van der Waals surface area contributed by atoms with Crippen LogP contribution in [0.25, 0.3) is 0 Å². The van der Waals surface area contributed by atoms with Crippen LogP contribution in [0.4, 0.5) is 14.5 Å². The molecule has 21 heavy (non-hydrogen) atoms. The fourth-order valence-corrected chi connectivity index (χ4v) is 1.56. The Bertz CT molecular complexity index is 500. The molecule has 0 unspecified atom stereocenters. The molecule has 0 aliphatic heterocycles. The third-order valence-corrected chi connectivity index (χ3v) is 2.43. The summed E-state index contributed by atoms with van der Waals surface area (Å²) in [5, 5.41) is 4.94. The number of primary amides is 1. The highest BCUT2D eigenvalue weighted by Crippen LogP contribution is 2.20. The summed E-state index contributed by atoms with van der Waals surface area (Å²) in [6, 6.07) is 1.89. The van der Waals surface area contributed by atoms with Crippen LogP contribution < -0.4 is 16.4 Å². The molecule has 0 bridgehead atoms. The van der Waals surface area contributed by atoms with E-state index in [1.165, 1.54) is 0 Å². The highest BCUT2D eigenvalue weighted by Gasteiger charge is 2.14. The number of hydrogen-bond donors (Lipinski definition) is 3. The van der Waals surface area contributed by atoms with Crippen LogP contribution in [-0.4, -0.2) is 38.1 Å². The first kappa shape index (κ1) is 16.8. The molecule has 0 aromatic heterocycles. The average molecular weight is 301 g/mol. The van der Waals surface area contributed by atoms with Crippen molar-refractivity contribution >= 4 is 17.5 Å². The Hall–Kier alpha value is -2.22. The molecule has 116 valence electrons. The number of rotatable bonds is 8.